The molecule has 0 atom stereocenters. The van der Waals surface area contributed by atoms with Crippen molar-refractivity contribution >= 4 is 21.7 Å². The van der Waals surface area contributed by atoms with Crippen LogP contribution in [-0.4, -0.2) is 66.3 Å². The molecule has 10 nitrogen and oxygen atoms in total. The Morgan fingerprint density at radius 3 is 2.48 bits per heavy atom. The van der Waals surface area contributed by atoms with Gasteiger partial charge in [0.1, 0.15) is 10.6 Å². The molecule has 0 unspecified atom stereocenters. The molecule has 0 bridgehead atoms. The smallest absolute Gasteiger partial charge is 0.267 e. The number of piperazine rings is 1. The number of rotatable bonds is 9. The fourth-order valence-electron chi connectivity index (χ4n) is 4.77. The third kappa shape index (κ3) is 6.10. The van der Waals surface area contributed by atoms with Gasteiger partial charge in [0, 0.05) is 62.3 Å². The monoisotopic (exact) mass is 561 g/mol. The Morgan fingerprint density at radius 1 is 1.00 bits per heavy atom. The van der Waals surface area contributed by atoms with Crippen molar-refractivity contribution in [2.75, 3.05) is 42.8 Å². The first-order valence-corrected chi connectivity index (χ1v) is 14.9. The second kappa shape index (κ2) is 11.6. The van der Waals surface area contributed by atoms with Gasteiger partial charge in [-0.2, -0.15) is 10.1 Å². The lowest BCUT2D eigenvalue weighted by atomic mass is 9.99. The van der Waals surface area contributed by atoms with Crippen LogP contribution in [0.5, 0.6) is 11.6 Å². The van der Waals surface area contributed by atoms with E-state index < -0.39 is 10.0 Å². The first kappa shape index (κ1) is 27.6. The highest BCUT2D eigenvalue weighted by molar-refractivity contribution is 7.92. The highest BCUT2D eigenvalue weighted by Crippen LogP contribution is 2.36. The predicted octanol–water partition coefficient (Wildman–Crippen LogP) is 4.48. The summed E-state index contributed by atoms with van der Waals surface area (Å²) in [6.07, 6.45) is 4.21. The molecule has 0 radical (unpaired) electrons. The number of anilines is 2. The molecule has 0 spiro atoms. The molecule has 1 fully saturated rings. The first-order valence-electron chi connectivity index (χ1n) is 13.4. The van der Waals surface area contributed by atoms with Gasteiger partial charge in [0.2, 0.25) is 11.8 Å². The minimum Gasteiger partial charge on any atom is -0.438 e. The van der Waals surface area contributed by atoms with Gasteiger partial charge in [-0.05, 0) is 38.1 Å². The maximum Gasteiger partial charge on any atom is 0.267 e. The molecule has 11 heteroatoms. The summed E-state index contributed by atoms with van der Waals surface area (Å²) in [5.41, 5.74) is 4.46. The fraction of sp³-hybridized carbons (Fsp3) is 0.345. The normalized spacial score (nSPS) is 14.3. The SMILES string of the molecule is CCCc1c(Oc2cccc(N3CCN(C)CC3)c2)nc(NS(=O)(=O)c2cnn(C)c2)nc1-c1ccccc1C. The highest BCUT2D eigenvalue weighted by Gasteiger charge is 2.23. The largest absolute Gasteiger partial charge is 0.438 e. The molecule has 5 rings (SSSR count). The number of benzene rings is 2. The summed E-state index contributed by atoms with van der Waals surface area (Å²) in [7, 11) is -0.174. The van der Waals surface area contributed by atoms with Gasteiger partial charge in [0.05, 0.1) is 11.9 Å². The second-order valence-electron chi connectivity index (χ2n) is 10.1. The van der Waals surface area contributed by atoms with Gasteiger partial charge in [-0.25, -0.2) is 18.1 Å². The van der Waals surface area contributed by atoms with Crippen LogP contribution in [0.4, 0.5) is 11.6 Å². The highest BCUT2D eigenvalue weighted by atomic mass is 32.2. The number of nitrogens with one attached hydrogen (secondary N) is 1. The fourth-order valence-corrected chi connectivity index (χ4v) is 5.69. The Bertz CT molecular complexity index is 1590. The van der Waals surface area contributed by atoms with Crippen LogP contribution in [0, 0.1) is 6.92 Å². The maximum atomic E-state index is 13.2. The summed E-state index contributed by atoms with van der Waals surface area (Å²) in [5.74, 6) is 0.894. The molecule has 1 aliphatic heterocycles. The molecule has 210 valence electrons. The maximum absolute atomic E-state index is 13.2. The van der Waals surface area contributed by atoms with Crippen molar-refractivity contribution in [2.45, 2.75) is 31.6 Å². The third-order valence-electron chi connectivity index (χ3n) is 6.99. The average Bonchev–Trinajstić information content (AvgIpc) is 3.38. The lowest BCUT2D eigenvalue weighted by Crippen LogP contribution is -2.44. The zero-order valence-corrected chi connectivity index (χ0v) is 24.1. The molecule has 0 aliphatic carbocycles. The van der Waals surface area contributed by atoms with Crippen molar-refractivity contribution in [3.63, 3.8) is 0 Å². The van der Waals surface area contributed by atoms with E-state index in [1.807, 2.05) is 49.4 Å². The lowest BCUT2D eigenvalue weighted by Gasteiger charge is -2.34. The number of sulfonamides is 1. The molecular formula is C29H35N7O3S. The molecule has 1 N–H and O–H groups in total. The van der Waals surface area contributed by atoms with Gasteiger partial charge < -0.3 is 14.5 Å². The lowest BCUT2D eigenvalue weighted by molar-refractivity contribution is 0.312. The van der Waals surface area contributed by atoms with E-state index in [4.69, 9.17) is 9.72 Å². The third-order valence-corrected chi connectivity index (χ3v) is 8.27. The molecule has 0 saturated carbocycles. The zero-order chi connectivity index (χ0) is 28.3. The van der Waals surface area contributed by atoms with Gasteiger partial charge in [0.15, 0.2) is 0 Å². The van der Waals surface area contributed by atoms with Crippen molar-refractivity contribution in [3.8, 4) is 22.9 Å². The van der Waals surface area contributed by atoms with Crippen molar-refractivity contribution in [1.29, 1.82) is 0 Å². The van der Waals surface area contributed by atoms with E-state index in [1.54, 1.807) is 7.05 Å². The van der Waals surface area contributed by atoms with Gasteiger partial charge >= 0.3 is 0 Å². The number of nitrogens with zero attached hydrogens (tertiary/aromatic N) is 6. The molecule has 40 heavy (non-hydrogen) atoms. The number of aromatic nitrogens is 4. The zero-order valence-electron chi connectivity index (χ0n) is 23.3. The van der Waals surface area contributed by atoms with Crippen LogP contribution in [0.1, 0.15) is 24.5 Å². The van der Waals surface area contributed by atoms with E-state index in [-0.39, 0.29) is 10.8 Å². The quantitative estimate of drug-likeness (QED) is 0.319. The molecule has 1 aliphatic rings. The van der Waals surface area contributed by atoms with E-state index in [2.05, 4.69) is 44.6 Å². The Morgan fingerprint density at radius 2 is 1.77 bits per heavy atom. The van der Waals surface area contributed by atoms with E-state index >= 15 is 0 Å². The van der Waals surface area contributed by atoms with Crippen molar-refractivity contribution in [1.82, 2.24) is 24.6 Å². The van der Waals surface area contributed by atoms with Crippen LogP contribution in [-0.2, 0) is 23.5 Å². The molecule has 3 heterocycles. The van der Waals surface area contributed by atoms with Crippen molar-refractivity contribution in [3.05, 3.63) is 72.1 Å². The average molecular weight is 562 g/mol. The first-order chi connectivity index (χ1) is 19.2. The summed E-state index contributed by atoms with van der Waals surface area (Å²) in [4.78, 5) is 14.0. The van der Waals surface area contributed by atoms with Gasteiger partial charge in [-0.15, -0.1) is 0 Å². The molecular weight excluding hydrogens is 526 g/mol. The summed E-state index contributed by atoms with van der Waals surface area (Å²) >= 11 is 0. The molecule has 2 aromatic heterocycles. The number of hydrogen-bond acceptors (Lipinski definition) is 8. The van der Waals surface area contributed by atoms with Gasteiger partial charge in [-0.1, -0.05) is 43.7 Å². The van der Waals surface area contributed by atoms with Crippen molar-refractivity contribution in [2.24, 2.45) is 7.05 Å². The number of aryl methyl sites for hydroxylation is 2. The van der Waals surface area contributed by atoms with E-state index in [1.165, 1.54) is 17.1 Å². The van der Waals surface area contributed by atoms with E-state index in [9.17, 15) is 8.42 Å². The molecule has 4 aromatic rings. The minimum absolute atomic E-state index is 0.0241. The number of hydrogen-bond donors (Lipinski definition) is 1. The van der Waals surface area contributed by atoms with Crippen LogP contribution in [0.3, 0.4) is 0 Å². The van der Waals surface area contributed by atoms with Gasteiger partial charge in [0.25, 0.3) is 10.0 Å². The van der Waals surface area contributed by atoms with Crippen LogP contribution in [0.25, 0.3) is 11.3 Å². The minimum atomic E-state index is -3.97. The van der Waals surface area contributed by atoms with Crippen LogP contribution in [0.15, 0.2) is 65.8 Å². The van der Waals surface area contributed by atoms with Crippen LogP contribution >= 0.6 is 0 Å². The molecule has 1 saturated heterocycles. The van der Waals surface area contributed by atoms with Crippen molar-refractivity contribution < 1.29 is 13.2 Å². The standard InChI is InChI=1S/C29H35N7O3S/c1-5-9-26-27(25-13-7-6-10-21(25)2)31-29(33-40(37,38)24-19-30-35(4)20-24)32-28(26)39-23-12-8-11-22(18-23)36-16-14-34(3)15-17-36/h6-8,10-13,18-20H,5,9,14-17H2,1-4H3,(H,31,32,33). The summed E-state index contributed by atoms with van der Waals surface area (Å²) in [6, 6.07) is 15.9. The summed E-state index contributed by atoms with van der Waals surface area (Å²) < 4.78 is 36.7. The predicted molar refractivity (Wildman–Crippen MR) is 156 cm³/mol. The van der Waals surface area contributed by atoms with Crippen LogP contribution in [0.2, 0.25) is 0 Å². The Balaban J connectivity index is 1.57. The molecule has 0 amide bonds. The Hall–Kier alpha value is -3.96. The van der Waals surface area contributed by atoms with Gasteiger partial charge in [-0.3, -0.25) is 4.68 Å². The Kier molecular flexibility index (Phi) is 8.04. The van der Waals surface area contributed by atoms with E-state index in [0.717, 1.165) is 55.0 Å². The number of ether oxygens (including phenoxy) is 1. The number of likely N-dealkylation sites (N-methyl/N-ethyl adjacent to an activating group) is 1. The second-order valence-corrected chi connectivity index (χ2v) is 11.8. The Labute approximate surface area is 235 Å². The summed E-state index contributed by atoms with van der Waals surface area (Å²) in [6.45, 7) is 7.96. The summed E-state index contributed by atoms with van der Waals surface area (Å²) in [5, 5.41) is 3.99. The van der Waals surface area contributed by atoms with Crippen LogP contribution < -0.4 is 14.4 Å². The topological polar surface area (TPSA) is 105 Å². The van der Waals surface area contributed by atoms with E-state index in [0.29, 0.717) is 23.7 Å². The molecule has 2 aromatic carbocycles.